The molecule has 1 N–H and O–H groups in total. The van der Waals surface area contributed by atoms with Gasteiger partial charge in [-0.15, -0.1) is 0 Å². The van der Waals surface area contributed by atoms with Gasteiger partial charge in [-0.2, -0.15) is 4.98 Å². The average Bonchev–Trinajstić information content (AvgIpc) is 3.29. The van der Waals surface area contributed by atoms with Crippen LogP contribution in [0.2, 0.25) is 0 Å². The fourth-order valence-electron chi connectivity index (χ4n) is 4.06. The Labute approximate surface area is 207 Å². The molecule has 2 aliphatic rings. The normalized spacial score (nSPS) is 16.5. The Morgan fingerprint density at radius 2 is 1.94 bits per heavy atom. The Bertz CT molecular complexity index is 1080. The van der Waals surface area contributed by atoms with E-state index in [-0.39, 0.29) is 17.6 Å². The number of carboxylic acid groups (broad SMARTS) is 1. The van der Waals surface area contributed by atoms with E-state index >= 15 is 0 Å². The lowest BCUT2D eigenvalue weighted by molar-refractivity contribution is -0.139. The Morgan fingerprint density at radius 3 is 2.58 bits per heavy atom. The molecule has 0 spiro atoms. The van der Waals surface area contributed by atoms with Gasteiger partial charge in [0, 0.05) is 18.7 Å². The number of allylic oxidation sites excluding steroid dienone is 4. The second-order valence-corrected chi connectivity index (χ2v) is 9.81. The van der Waals surface area contributed by atoms with Crippen LogP contribution < -0.4 is 4.74 Å². The van der Waals surface area contributed by atoms with Crippen LogP contribution in [-0.2, 0) is 4.79 Å². The number of hydrogen-bond donors (Lipinski definition) is 1. The molecule has 10 heteroatoms. The third-order valence-electron chi connectivity index (χ3n) is 5.76. The molecule has 1 aliphatic carbocycles. The van der Waals surface area contributed by atoms with Crippen LogP contribution in [0.4, 0.5) is 0 Å². The van der Waals surface area contributed by atoms with E-state index < -0.39 is 12.6 Å². The summed E-state index contributed by atoms with van der Waals surface area (Å²) < 4.78 is 11.6. The standard InChI is InChI=1S/C23H23Br2N3O5/c24-17-11-16(12-18(25)20(17)32-13-19(29)30)21-26-22(33-27-21)23(31)28-8-6-15(7-9-28)10-14-4-2-1-3-5-14/h1-2,4,11-12,15H,3,5-10,13H2,(H,29,30). The van der Waals surface area contributed by atoms with Gasteiger partial charge in [0.1, 0.15) is 5.75 Å². The first-order valence-corrected chi connectivity index (χ1v) is 12.3. The van der Waals surface area contributed by atoms with Gasteiger partial charge in [0.05, 0.1) is 8.95 Å². The van der Waals surface area contributed by atoms with Gasteiger partial charge in [0.25, 0.3) is 0 Å². The number of rotatable bonds is 7. The smallest absolute Gasteiger partial charge is 0.341 e. The van der Waals surface area contributed by atoms with Gasteiger partial charge in [0.15, 0.2) is 6.61 Å². The molecule has 2 aromatic rings. The van der Waals surface area contributed by atoms with E-state index in [0.717, 1.165) is 32.1 Å². The lowest BCUT2D eigenvalue weighted by atomic mass is 9.87. The Kier molecular flexibility index (Phi) is 7.64. The number of aromatic nitrogens is 2. The van der Waals surface area contributed by atoms with Crippen LogP contribution in [0, 0.1) is 5.92 Å². The number of likely N-dealkylation sites (tertiary alicyclic amines) is 1. The quantitative estimate of drug-likeness (QED) is 0.477. The minimum Gasteiger partial charge on any atom is -0.480 e. The van der Waals surface area contributed by atoms with E-state index in [0.29, 0.717) is 39.3 Å². The molecule has 0 saturated carbocycles. The fraction of sp³-hybridized carbons (Fsp3) is 0.391. The molecule has 1 aromatic heterocycles. The molecule has 0 unspecified atom stereocenters. The number of nitrogens with zero attached hydrogens (tertiary/aromatic N) is 3. The third kappa shape index (κ3) is 5.92. The molecule has 1 fully saturated rings. The van der Waals surface area contributed by atoms with Crippen molar-refractivity contribution in [2.75, 3.05) is 19.7 Å². The molecule has 174 valence electrons. The SMILES string of the molecule is O=C(O)COc1c(Br)cc(-c2noc(C(=O)N3CCC(CC4=CC=CCC4)CC3)n2)cc1Br. The van der Waals surface area contributed by atoms with Gasteiger partial charge < -0.3 is 19.3 Å². The third-order valence-corrected chi connectivity index (χ3v) is 6.94. The predicted molar refractivity (Wildman–Crippen MR) is 128 cm³/mol. The summed E-state index contributed by atoms with van der Waals surface area (Å²) in [5.74, 6) is -0.165. The van der Waals surface area contributed by atoms with Crippen LogP contribution in [0.25, 0.3) is 11.4 Å². The Morgan fingerprint density at radius 1 is 1.21 bits per heavy atom. The summed E-state index contributed by atoms with van der Waals surface area (Å²) in [7, 11) is 0. The lowest BCUT2D eigenvalue weighted by Gasteiger charge is -2.31. The molecule has 1 aliphatic heterocycles. The monoisotopic (exact) mass is 579 g/mol. The summed E-state index contributed by atoms with van der Waals surface area (Å²) in [6, 6.07) is 3.36. The first kappa shape index (κ1) is 23.7. The van der Waals surface area contributed by atoms with Gasteiger partial charge in [-0.1, -0.05) is 29.0 Å². The van der Waals surface area contributed by atoms with Crippen LogP contribution in [0.5, 0.6) is 5.75 Å². The second-order valence-electron chi connectivity index (χ2n) is 8.11. The highest BCUT2D eigenvalue weighted by atomic mass is 79.9. The van der Waals surface area contributed by atoms with E-state index in [1.165, 1.54) is 5.57 Å². The number of ether oxygens (including phenoxy) is 1. The number of aliphatic carboxylic acids is 1. The number of amides is 1. The van der Waals surface area contributed by atoms with Crippen molar-refractivity contribution in [2.24, 2.45) is 5.92 Å². The highest BCUT2D eigenvalue weighted by molar-refractivity contribution is 9.11. The number of carbonyl (C=O) groups excluding carboxylic acids is 1. The minimum atomic E-state index is -1.08. The van der Waals surface area contributed by atoms with Crippen molar-refractivity contribution in [2.45, 2.75) is 32.1 Å². The van der Waals surface area contributed by atoms with E-state index in [1.807, 2.05) is 0 Å². The van der Waals surface area contributed by atoms with E-state index in [2.05, 4.69) is 60.2 Å². The number of halogens is 2. The molecule has 1 saturated heterocycles. The van der Waals surface area contributed by atoms with Gasteiger partial charge in [0.2, 0.25) is 5.82 Å². The number of carboxylic acids is 1. The zero-order chi connectivity index (χ0) is 23.4. The summed E-state index contributed by atoms with van der Waals surface area (Å²) in [4.78, 5) is 29.7. The maximum absolute atomic E-state index is 12.9. The summed E-state index contributed by atoms with van der Waals surface area (Å²) >= 11 is 6.74. The van der Waals surface area contributed by atoms with Crippen LogP contribution in [0.3, 0.4) is 0 Å². The van der Waals surface area contributed by atoms with Gasteiger partial charge in [-0.3, -0.25) is 4.79 Å². The Hall–Kier alpha value is -2.46. The molecule has 1 aromatic carbocycles. The van der Waals surface area contributed by atoms with Gasteiger partial charge in [-0.25, -0.2) is 4.79 Å². The van der Waals surface area contributed by atoms with Crippen molar-refractivity contribution in [1.82, 2.24) is 15.0 Å². The maximum Gasteiger partial charge on any atom is 0.341 e. The zero-order valence-corrected chi connectivity index (χ0v) is 21.0. The highest BCUT2D eigenvalue weighted by Gasteiger charge is 2.28. The number of carbonyl (C=O) groups is 2. The number of benzene rings is 1. The van der Waals surface area contributed by atoms with Crippen LogP contribution >= 0.6 is 31.9 Å². The molecule has 0 bridgehead atoms. The van der Waals surface area contributed by atoms with Gasteiger partial charge in [-0.05, 0) is 82.0 Å². The average molecular weight is 581 g/mol. The molecule has 33 heavy (non-hydrogen) atoms. The van der Waals surface area contributed by atoms with E-state index in [1.54, 1.807) is 17.0 Å². The van der Waals surface area contributed by atoms with Crippen LogP contribution in [0.1, 0.15) is 42.8 Å². The zero-order valence-electron chi connectivity index (χ0n) is 17.8. The summed E-state index contributed by atoms with van der Waals surface area (Å²) in [6.07, 6.45) is 11.8. The van der Waals surface area contributed by atoms with Crippen molar-refractivity contribution >= 4 is 43.7 Å². The second kappa shape index (κ2) is 10.6. The molecule has 2 heterocycles. The van der Waals surface area contributed by atoms with Crippen LogP contribution in [0.15, 0.2) is 49.4 Å². The van der Waals surface area contributed by atoms with Crippen LogP contribution in [-0.4, -0.2) is 51.7 Å². The van der Waals surface area contributed by atoms with Crippen molar-refractivity contribution in [1.29, 1.82) is 0 Å². The number of hydrogen-bond acceptors (Lipinski definition) is 6. The van der Waals surface area contributed by atoms with Crippen molar-refractivity contribution in [3.05, 3.63) is 50.8 Å². The first-order valence-electron chi connectivity index (χ1n) is 10.7. The Balaban J connectivity index is 1.38. The molecule has 4 rings (SSSR count). The van der Waals surface area contributed by atoms with Gasteiger partial charge >= 0.3 is 17.8 Å². The van der Waals surface area contributed by atoms with Crippen molar-refractivity contribution < 1.29 is 24.0 Å². The topological polar surface area (TPSA) is 106 Å². The van der Waals surface area contributed by atoms with Crippen molar-refractivity contribution in [3.63, 3.8) is 0 Å². The number of piperidine rings is 1. The summed E-state index contributed by atoms with van der Waals surface area (Å²) in [6.45, 7) is 0.886. The molecular weight excluding hydrogens is 558 g/mol. The maximum atomic E-state index is 12.9. The summed E-state index contributed by atoms with van der Waals surface area (Å²) in [5.41, 5.74) is 2.09. The molecule has 8 nitrogen and oxygen atoms in total. The van der Waals surface area contributed by atoms with E-state index in [9.17, 15) is 9.59 Å². The summed E-state index contributed by atoms with van der Waals surface area (Å²) in [5, 5.41) is 12.8. The highest BCUT2D eigenvalue weighted by Crippen LogP contribution is 2.37. The van der Waals surface area contributed by atoms with E-state index in [4.69, 9.17) is 14.4 Å². The fourth-order valence-corrected chi connectivity index (χ4v) is 5.47. The molecule has 0 atom stereocenters. The molecule has 0 radical (unpaired) electrons. The first-order chi connectivity index (χ1) is 15.9. The van der Waals surface area contributed by atoms with Crippen molar-refractivity contribution in [3.8, 4) is 17.1 Å². The molecule has 1 amide bonds. The minimum absolute atomic E-state index is 0.0398. The largest absolute Gasteiger partial charge is 0.480 e. The lowest BCUT2D eigenvalue weighted by Crippen LogP contribution is -2.38. The molecular formula is C23H23Br2N3O5. The predicted octanol–water partition coefficient (Wildman–Crippen LogP) is 5.24.